The Bertz CT molecular complexity index is 754. The summed E-state index contributed by atoms with van der Waals surface area (Å²) in [6.45, 7) is 0.263. The highest BCUT2D eigenvalue weighted by Crippen LogP contribution is 2.22. The second kappa shape index (κ2) is 9.22. The predicted molar refractivity (Wildman–Crippen MR) is 92.9 cm³/mol. The highest BCUT2D eigenvalue weighted by atomic mass is 19.1. The number of benzene rings is 1. The van der Waals surface area contributed by atoms with Gasteiger partial charge in [-0.05, 0) is 37.3 Å². The van der Waals surface area contributed by atoms with E-state index in [-0.39, 0.29) is 17.2 Å². The summed E-state index contributed by atoms with van der Waals surface area (Å²) < 4.78 is 37.3. The summed E-state index contributed by atoms with van der Waals surface area (Å²) in [6.07, 6.45) is 1.83. The third-order valence-electron chi connectivity index (χ3n) is 4.22. The van der Waals surface area contributed by atoms with Gasteiger partial charge in [-0.1, -0.05) is 6.07 Å². The Morgan fingerprint density at radius 1 is 1.19 bits per heavy atom. The number of esters is 1. The Kier molecular flexibility index (Phi) is 7.00. The molecule has 1 saturated heterocycles. The van der Waals surface area contributed by atoms with Crippen molar-refractivity contribution in [1.82, 2.24) is 0 Å². The minimum atomic E-state index is -1.09. The largest absolute Gasteiger partial charge is 0.454 e. The number of amidine groups is 1. The molecule has 0 atom stereocenters. The molecule has 146 valence electrons. The Labute approximate surface area is 154 Å². The summed E-state index contributed by atoms with van der Waals surface area (Å²) in [5, 5.41) is 7.56. The number of rotatable bonds is 7. The first-order valence-electron chi connectivity index (χ1n) is 8.36. The van der Waals surface area contributed by atoms with Crippen LogP contribution >= 0.6 is 0 Å². The average molecular weight is 381 g/mol. The second-order valence-corrected chi connectivity index (χ2v) is 6.17. The molecule has 5 N–H and O–H groups in total. The summed E-state index contributed by atoms with van der Waals surface area (Å²) in [5.74, 6) is -4.68. The SMILES string of the molecule is N=C(N)/C(C(=O)OCC(=O)c1c(F)cccc1F)=C(\N)CC1CCOCC1. The summed E-state index contributed by atoms with van der Waals surface area (Å²) in [7, 11) is 0. The second-order valence-electron chi connectivity index (χ2n) is 6.17. The zero-order chi connectivity index (χ0) is 20.0. The van der Waals surface area contributed by atoms with Crippen LogP contribution in [0.15, 0.2) is 29.5 Å². The van der Waals surface area contributed by atoms with Crippen molar-refractivity contribution in [3.05, 3.63) is 46.7 Å². The van der Waals surface area contributed by atoms with E-state index < -0.39 is 41.4 Å². The molecule has 2 rings (SSSR count). The molecule has 0 aliphatic carbocycles. The third-order valence-corrected chi connectivity index (χ3v) is 4.22. The number of hydrogen-bond donors (Lipinski definition) is 3. The highest BCUT2D eigenvalue weighted by molar-refractivity contribution is 6.17. The Hall–Kier alpha value is -2.81. The minimum Gasteiger partial charge on any atom is -0.454 e. The number of ketones is 1. The molecule has 0 aromatic heterocycles. The van der Waals surface area contributed by atoms with Gasteiger partial charge in [-0.3, -0.25) is 10.2 Å². The lowest BCUT2D eigenvalue weighted by atomic mass is 9.93. The number of allylic oxidation sites excluding steroid dienone is 1. The fraction of sp³-hybridized carbons (Fsp3) is 0.389. The molecule has 7 nitrogen and oxygen atoms in total. The van der Waals surface area contributed by atoms with Crippen molar-refractivity contribution in [1.29, 1.82) is 5.41 Å². The van der Waals surface area contributed by atoms with Crippen molar-refractivity contribution in [3.8, 4) is 0 Å². The van der Waals surface area contributed by atoms with Crippen LogP contribution in [0.2, 0.25) is 0 Å². The number of carbonyl (C=O) groups is 2. The van der Waals surface area contributed by atoms with Gasteiger partial charge in [0.25, 0.3) is 0 Å². The zero-order valence-electron chi connectivity index (χ0n) is 14.6. The fourth-order valence-corrected chi connectivity index (χ4v) is 2.82. The summed E-state index contributed by atoms with van der Waals surface area (Å²) in [5.41, 5.74) is 10.3. The predicted octanol–water partition coefficient (Wildman–Crippen LogP) is 1.66. The molecule has 1 aliphatic rings. The standard InChI is InChI=1S/C18H21F2N3O4/c19-11-2-1-3-12(20)15(11)14(24)9-27-18(25)16(17(22)23)13(21)8-10-4-6-26-7-5-10/h1-3,10H,4-9,21H2,(H3,22,23)/b16-13+. The van der Waals surface area contributed by atoms with Crippen molar-refractivity contribution >= 4 is 17.6 Å². The lowest BCUT2D eigenvalue weighted by molar-refractivity contribution is -0.137. The molecule has 0 unspecified atom stereocenters. The normalized spacial score (nSPS) is 15.8. The van der Waals surface area contributed by atoms with Crippen molar-refractivity contribution in [2.24, 2.45) is 17.4 Å². The van der Waals surface area contributed by atoms with E-state index in [9.17, 15) is 18.4 Å². The van der Waals surface area contributed by atoms with E-state index >= 15 is 0 Å². The monoisotopic (exact) mass is 381 g/mol. The van der Waals surface area contributed by atoms with Gasteiger partial charge in [0.2, 0.25) is 5.78 Å². The number of halogens is 2. The molecule has 1 fully saturated rings. The van der Waals surface area contributed by atoms with Crippen LogP contribution in [0, 0.1) is 23.0 Å². The molecular weight excluding hydrogens is 360 g/mol. The van der Waals surface area contributed by atoms with E-state index in [1.807, 2.05) is 0 Å². The minimum absolute atomic E-state index is 0.0731. The van der Waals surface area contributed by atoms with Gasteiger partial charge in [0.05, 0.1) is 5.56 Å². The van der Waals surface area contributed by atoms with Gasteiger partial charge in [-0.25, -0.2) is 13.6 Å². The lowest BCUT2D eigenvalue weighted by Gasteiger charge is -2.22. The topological polar surface area (TPSA) is 128 Å². The van der Waals surface area contributed by atoms with E-state index in [4.69, 9.17) is 26.4 Å². The lowest BCUT2D eigenvalue weighted by Crippen LogP contribution is -2.29. The van der Waals surface area contributed by atoms with Crippen LogP contribution in [0.3, 0.4) is 0 Å². The molecule has 0 amide bonds. The summed E-state index contributed by atoms with van der Waals surface area (Å²) in [4.78, 5) is 24.2. The van der Waals surface area contributed by atoms with Gasteiger partial charge < -0.3 is 20.9 Å². The van der Waals surface area contributed by atoms with Gasteiger partial charge in [0, 0.05) is 18.9 Å². The van der Waals surface area contributed by atoms with Gasteiger partial charge >= 0.3 is 5.97 Å². The van der Waals surface area contributed by atoms with E-state index in [2.05, 4.69) is 0 Å². The Balaban J connectivity index is 2.07. The van der Waals surface area contributed by atoms with Crippen LogP contribution in [0.5, 0.6) is 0 Å². The smallest absolute Gasteiger partial charge is 0.344 e. The average Bonchev–Trinajstić information content (AvgIpc) is 2.60. The van der Waals surface area contributed by atoms with E-state index in [0.717, 1.165) is 31.0 Å². The van der Waals surface area contributed by atoms with E-state index in [1.165, 1.54) is 0 Å². The molecule has 0 spiro atoms. The van der Waals surface area contributed by atoms with Crippen molar-refractivity contribution in [2.75, 3.05) is 19.8 Å². The van der Waals surface area contributed by atoms with Gasteiger partial charge in [-0.15, -0.1) is 0 Å². The van der Waals surface area contributed by atoms with Crippen LogP contribution in [-0.4, -0.2) is 37.4 Å². The van der Waals surface area contributed by atoms with Crippen LogP contribution in [0.1, 0.15) is 29.6 Å². The Morgan fingerprint density at radius 2 is 1.78 bits per heavy atom. The first-order chi connectivity index (χ1) is 12.8. The molecule has 9 heteroatoms. The van der Waals surface area contributed by atoms with Crippen molar-refractivity contribution in [2.45, 2.75) is 19.3 Å². The number of carbonyl (C=O) groups excluding carboxylic acids is 2. The van der Waals surface area contributed by atoms with E-state index in [1.54, 1.807) is 0 Å². The summed E-state index contributed by atoms with van der Waals surface area (Å²) in [6, 6.07) is 2.96. The molecule has 1 aromatic rings. The summed E-state index contributed by atoms with van der Waals surface area (Å²) >= 11 is 0. The van der Waals surface area contributed by atoms with Gasteiger partial charge in [0.15, 0.2) is 6.61 Å². The third kappa shape index (κ3) is 5.33. The molecule has 0 radical (unpaired) electrons. The molecule has 27 heavy (non-hydrogen) atoms. The quantitative estimate of drug-likeness (QED) is 0.217. The first kappa shape index (κ1) is 20.5. The number of nitrogens with two attached hydrogens (primary N) is 2. The zero-order valence-corrected chi connectivity index (χ0v) is 14.6. The number of Topliss-reactive ketones (excluding diaryl/α,β-unsaturated/α-hetero) is 1. The van der Waals surface area contributed by atoms with Crippen molar-refractivity contribution in [3.63, 3.8) is 0 Å². The van der Waals surface area contributed by atoms with Gasteiger partial charge in [-0.2, -0.15) is 0 Å². The molecule has 1 aliphatic heterocycles. The van der Waals surface area contributed by atoms with Crippen LogP contribution in [0.25, 0.3) is 0 Å². The molecule has 1 heterocycles. The molecule has 0 saturated carbocycles. The maximum Gasteiger partial charge on any atom is 0.344 e. The number of ether oxygens (including phenoxy) is 2. The number of hydrogen-bond acceptors (Lipinski definition) is 6. The molecular formula is C18H21F2N3O4. The van der Waals surface area contributed by atoms with Gasteiger partial charge in [0.1, 0.15) is 23.0 Å². The maximum absolute atomic E-state index is 13.6. The molecule has 0 bridgehead atoms. The fourth-order valence-electron chi connectivity index (χ4n) is 2.82. The number of nitrogens with one attached hydrogen (secondary N) is 1. The maximum atomic E-state index is 13.6. The van der Waals surface area contributed by atoms with Crippen molar-refractivity contribution < 1.29 is 27.8 Å². The van der Waals surface area contributed by atoms with Crippen LogP contribution in [-0.2, 0) is 14.3 Å². The highest BCUT2D eigenvalue weighted by Gasteiger charge is 2.24. The van der Waals surface area contributed by atoms with Crippen LogP contribution < -0.4 is 11.5 Å². The first-order valence-corrected chi connectivity index (χ1v) is 8.36. The molecule has 1 aromatic carbocycles. The van der Waals surface area contributed by atoms with Crippen LogP contribution in [0.4, 0.5) is 8.78 Å². The Morgan fingerprint density at radius 3 is 2.33 bits per heavy atom. The van der Waals surface area contributed by atoms with E-state index in [0.29, 0.717) is 19.6 Å².